The van der Waals surface area contributed by atoms with Gasteiger partial charge in [-0.15, -0.1) is 0 Å². The van der Waals surface area contributed by atoms with Crippen molar-refractivity contribution in [1.82, 2.24) is 4.90 Å². The van der Waals surface area contributed by atoms with Crippen LogP contribution >= 0.6 is 0 Å². The van der Waals surface area contributed by atoms with Gasteiger partial charge in [-0.2, -0.15) is 5.26 Å². The molecule has 0 aromatic rings. The molecule has 1 atom stereocenters. The lowest BCUT2D eigenvalue weighted by Gasteiger charge is -2.27. The Hall–Kier alpha value is -0.590. The Balaban J connectivity index is 1.79. The molecule has 2 aliphatic rings. The molecule has 0 radical (unpaired) electrons. The van der Waals surface area contributed by atoms with Crippen molar-refractivity contribution in [3.8, 4) is 6.07 Å². The second kappa shape index (κ2) is 4.51. The molecule has 0 bridgehead atoms. The fraction of sp³-hybridized carbons (Fsp3) is 0.917. The third-order valence-corrected chi connectivity index (χ3v) is 3.84. The number of hydrogen-bond acceptors (Lipinski definition) is 3. The maximum Gasteiger partial charge on any atom is 0.118 e. The summed E-state index contributed by atoms with van der Waals surface area (Å²) in [4.78, 5) is 2.39. The third kappa shape index (κ3) is 2.70. The standard InChI is InChI=1S/C12H21N3/c13-9-12(14)6-7-15(10-12)8-11-4-2-1-3-5-11/h11H,1-8,10,14H2. The average Bonchev–Trinajstić information content (AvgIpc) is 2.63. The van der Waals surface area contributed by atoms with Crippen LogP contribution in [0.1, 0.15) is 38.5 Å². The van der Waals surface area contributed by atoms with E-state index in [2.05, 4.69) is 11.0 Å². The maximum atomic E-state index is 8.95. The minimum atomic E-state index is -0.561. The minimum absolute atomic E-state index is 0.561. The Morgan fingerprint density at radius 1 is 1.33 bits per heavy atom. The van der Waals surface area contributed by atoms with E-state index in [4.69, 9.17) is 11.0 Å². The molecule has 1 saturated carbocycles. The van der Waals surface area contributed by atoms with Crippen molar-refractivity contribution in [3.05, 3.63) is 0 Å². The predicted molar refractivity (Wildman–Crippen MR) is 60.2 cm³/mol. The molecule has 2 rings (SSSR count). The second-order valence-electron chi connectivity index (χ2n) is 5.26. The van der Waals surface area contributed by atoms with Crippen LogP contribution in [0.3, 0.4) is 0 Å². The largest absolute Gasteiger partial charge is 0.312 e. The fourth-order valence-corrected chi connectivity index (χ4v) is 2.90. The van der Waals surface area contributed by atoms with Gasteiger partial charge in [0, 0.05) is 19.6 Å². The van der Waals surface area contributed by atoms with Crippen molar-refractivity contribution in [3.63, 3.8) is 0 Å². The average molecular weight is 207 g/mol. The summed E-state index contributed by atoms with van der Waals surface area (Å²) in [6, 6.07) is 2.24. The molecular formula is C12H21N3. The van der Waals surface area contributed by atoms with Crippen LogP contribution in [-0.2, 0) is 0 Å². The summed E-state index contributed by atoms with van der Waals surface area (Å²) < 4.78 is 0. The Kier molecular flexibility index (Phi) is 3.28. The monoisotopic (exact) mass is 207 g/mol. The van der Waals surface area contributed by atoms with Crippen LogP contribution in [0.15, 0.2) is 0 Å². The first-order valence-corrected chi connectivity index (χ1v) is 6.14. The van der Waals surface area contributed by atoms with Crippen molar-refractivity contribution in [2.24, 2.45) is 11.7 Å². The van der Waals surface area contributed by atoms with Crippen LogP contribution in [0.2, 0.25) is 0 Å². The quantitative estimate of drug-likeness (QED) is 0.746. The van der Waals surface area contributed by atoms with Crippen molar-refractivity contribution in [1.29, 1.82) is 5.26 Å². The van der Waals surface area contributed by atoms with Crippen molar-refractivity contribution in [2.45, 2.75) is 44.1 Å². The number of rotatable bonds is 2. The van der Waals surface area contributed by atoms with Gasteiger partial charge >= 0.3 is 0 Å². The summed E-state index contributed by atoms with van der Waals surface area (Å²) in [6.07, 6.45) is 7.79. The molecule has 0 aromatic carbocycles. The van der Waals surface area contributed by atoms with Crippen molar-refractivity contribution < 1.29 is 0 Å². The Bertz CT molecular complexity index is 252. The van der Waals surface area contributed by atoms with Gasteiger partial charge < -0.3 is 10.6 Å². The van der Waals surface area contributed by atoms with Gasteiger partial charge in [-0.3, -0.25) is 0 Å². The molecule has 0 spiro atoms. The SMILES string of the molecule is N#CC1(N)CCN(CC2CCCCC2)C1. The zero-order chi connectivity index (χ0) is 10.7. The normalized spacial score (nSPS) is 34.1. The molecule has 15 heavy (non-hydrogen) atoms. The van der Waals surface area contributed by atoms with Crippen LogP contribution in [0, 0.1) is 17.2 Å². The molecule has 0 aromatic heterocycles. The molecule has 2 N–H and O–H groups in total. The highest BCUT2D eigenvalue weighted by Crippen LogP contribution is 2.27. The van der Waals surface area contributed by atoms with Crippen molar-refractivity contribution >= 4 is 0 Å². The first kappa shape index (κ1) is 10.9. The zero-order valence-electron chi connectivity index (χ0n) is 9.41. The van der Waals surface area contributed by atoms with Crippen molar-refractivity contribution in [2.75, 3.05) is 19.6 Å². The highest BCUT2D eigenvalue weighted by atomic mass is 15.2. The Morgan fingerprint density at radius 2 is 2.07 bits per heavy atom. The number of hydrogen-bond donors (Lipinski definition) is 1. The van der Waals surface area contributed by atoms with Crippen LogP contribution in [0.5, 0.6) is 0 Å². The topological polar surface area (TPSA) is 53.1 Å². The van der Waals surface area contributed by atoms with E-state index in [0.29, 0.717) is 0 Å². The third-order valence-electron chi connectivity index (χ3n) is 3.84. The molecule has 3 heteroatoms. The summed E-state index contributed by atoms with van der Waals surface area (Å²) in [5, 5.41) is 8.95. The van der Waals surface area contributed by atoms with Crippen LogP contribution in [0.4, 0.5) is 0 Å². The summed E-state index contributed by atoms with van der Waals surface area (Å²) in [5.74, 6) is 0.861. The van der Waals surface area contributed by atoms with E-state index >= 15 is 0 Å². The van der Waals surface area contributed by atoms with Gasteiger partial charge in [0.25, 0.3) is 0 Å². The number of nitrogens with two attached hydrogens (primary N) is 1. The van der Waals surface area contributed by atoms with E-state index in [9.17, 15) is 0 Å². The molecule has 1 heterocycles. The summed E-state index contributed by atoms with van der Waals surface area (Å²) in [6.45, 7) is 2.96. The van der Waals surface area contributed by atoms with Gasteiger partial charge in [0.15, 0.2) is 0 Å². The zero-order valence-corrected chi connectivity index (χ0v) is 9.41. The highest BCUT2D eigenvalue weighted by Gasteiger charge is 2.35. The first-order valence-electron chi connectivity index (χ1n) is 6.14. The lowest BCUT2D eigenvalue weighted by atomic mass is 9.89. The lowest BCUT2D eigenvalue weighted by molar-refractivity contribution is 0.228. The Labute approximate surface area is 92.2 Å². The highest BCUT2D eigenvalue weighted by molar-refractivity contribution is 5.10. The molecule has 1 aliphatic heterocycles. The van der Waals surface area contributed by atoms with Gasteiger partial charge in [-0.1, -0.05) is 19.3 Å². The van der Waals surface area contributed by atoms with Gasteiger partial charge in [0.1, 0.15) is 5.54 Å². The number of nitrogens with zero attached hydrogens (tertiary/aromatic N) is 2. The van der Waals surface area contributed by atoms with E-state index in [1.54, 1.807) is 0 Å². The van der Waals surface area contributed by atoms with E-state index < -0.39 is 5.54 Å². The van der Waals surface area contributed by atoms with Gasteiger partial charge in [0.05, 0.1) is 6.07 Å². The lowest BCUT2D eigenvalue weighted by Crippen LogP contribution is -2.41. The molecule has 3 nitrogen and oxygen atoms in total. The van der Waals surface area contributed by atoms with Crippen LogP contribution in [-0.4, -0.2) is 30.1 Å². The molecule has 0 amide bonds. The van der Waals surface area contributed by atoms with E-state index in [-0.39, 0.29) is 0 Å². The minimum Gasteiger partial charge on any atom is -0.312 e. The predicted octanol–water partition coefficient (Wildman–Crippen LogP) is 1.49. The van der Waals surface area contributed by atoms with Gasteiger partial charge in [-0.05, 0) is 25.2 Å². The molecule has 1 saturated heterocycles. The number of nitriles is 1. The summed E-state index contributed by atoms with van der Waals surface area (Å²) in [5.41, 5.74) is 5.39. The molecule has 1 unspecified atom stereocenters. The smallest absolute Gasteiger partial charge is 0.118 e. The second-order valence-corrected chi connectivity index (χ2v) is 5.26. The van der Waals surface area contributed by atoms with Crippen LogP contribution < -0.4 is 5.73 Å². The summed E-state index contributed by atoms with van der Waals surface area (Å²) >= 11 is 0. The van der Waals surface area contributed by atoms with Gasteiger partial charge in [0.2, 0.25) is 0 Å². The van der Waals surface area contributed by atoms with E-state index in [1.807, 2.05) is 0 Å². The molecular weight excluding hydrogens is 186 g/mol. The van der Waals surface area contributed by atoms with E-state index in [0.717, 1.165) is 25.4 Å². The number of likely N-dealkylation sites (tertiary alicyclic amines) is 1. The Morgan fingerprint density at radius 3 is 2.67 bits per heavy atom. The first-order chi connectivity index (χ1) is 7.22. The molecule has 84 valence electrons. The van der Waals surface area contributed by atoms with Gasteiger partial charge in [-0.25, -0.2) is 0 Å². The maximum absolute atomic E-state index is 8.95. The van der Waals surface area contributed by atoms with Crippen LogP contribution in [0.25, 0.3) is 0 Å². The summed E-state index contributed by atoms with van der Waals surface area (Å²) in [7, 11) is 0. The van der Waals surface area contributed by atoms with E-state index in [1.165, 1.54) is 38.6 Å². The molecule has 2 fully saturated rings. The molecule has 1 aliphatic carbocycles. The fourth-order valence-electron chi connectivity index (χ4n) is 2.90.